The van der Waals surface area contributed by atoms with Crippen molar-refractivity contribution in [2.45, 2.75) is 25.4 Å². The topological polar surface area (TPSA) is 43.0 Å². The number of hydrogen-bond donors (Lipinski definition) is 1. The van der Waals surface area contributed by atoms with Crippen LogP contribution < -0.4 is 14.8 Å². The number of ether oxygens (including phenoxy) is 3. The molecule has 0 spiro atoms. The van der Waals surface area contributed by atoms with Crippen LogP contribution in [-0.2, 0) is 4.74 Å². The highest BCUT2D eigenvalue weighted by Gasteiger charge is 2.25. The molecule has 0 aliphatic carbocycles. The summed E-state index contributed by atoms with van der Waals surface area (Å²) in [6.45, 7) is 6.20. The van der Waals surface area contributed by atoms with E-state index in [9.17, 15) is 0 Å². The predicted octanol–water partition coefficient (Wildman–Crippen LogP) is 1.79. The molecule has 1 N–H and O–H groups in total. The summed E-state index contributed by atoms with van der Waals surface area (Å²) in [4.78, 5) is 2.52. The van der Waals surface area contributed by atoms with Crippen molar-refractivity contribution in [1.29, 1.82) is 0 Å². The van der Waals surface area contributed by atoms with Gasteiger partial charge in [-0.05, 0) is 31.2 Å². The van der Waals surface area contributed by atoms with Gasteiger partial charge in [0.1, 0.15) is 0 Å². The van der Waals surface area contributed by atoms with Crippen LogP contribution in [0.5, 0.6) is 11.5 Å². The lowest BCUT2D eigenvalue weighted by Gasteiger charge is -2.37. The Bertz CT molecular complexity index is 481. The molecule has 1 saturated heterocycles. The second-order valence-electron chi connectivity index (χ2n) is 5.59. The van der Waals surface area contributed by atoms with Crippen LogP contribution in [0.1, 0.15) is 24.9 Å². The molecule has 2 unspecified atom stereocenters. The van der Waals surface area contributed by atoms with Crippen LogP contribution in [0, 0.1) is 0 Å². The summed E-state index contributed by atoms with van der Waals surface area (Å²) in [7, 11) is 2.01. The van der Waals surface area contributed by atoms with Gasteiger partial charge in [-0.2, -0.15) is 0 Å². The lowest BCUT2D eigenvalue weighted by molar-refractivity contribution is -0.0124. The number of rotatable bonds is 5. The third kappa shape index (κ3) is 3.15. The Balaban J connectivity index is 1.72. The largest absolute Gasteiger partial charge is 0.454 e. The lowest BCUT2D eigenvalue weighted by Crippen LogP contribution is -2.48. The third-order valence-electron chi connectivity index (χ3n) is 4.39. The summed E-state index contributed by atoms with van der Waals surface area (Å²) in [5.74, 6) is 1.69. The average Bonchev–Trinajstić information content (AvgIpc) is 3.00. The van der Waals surface area contributed by atoms with Gasteiger partial charge in [-0.25, -0.2) is 0 Å². The van der Waals surface area contributed by atoms with E-state index in [1.165, 1.54) is 5.56 Å². The SMILES string of the molecule is CCC1COCCN1CC(NC)c1ccc2c(c1)OCO2. The van der Waals surface area contributed by atoms with E-state index in [1.807, 2.05) is 13.1 Å². The quantitative estimate of drug-likeness (QED) is 0.896. The number of fused-ring (bicyclic) bond motifs is 1. The molecule has 1 fully saturated rings. The molecule has 0 radical (unpaired) electrons. The molecule has 21 heavy (non-hydrogen) atoms. The van der Waals surface area contributed by atoms with Crippen molar-refractivity contribution < 1.29 is 14.2 Å². The van der Waals surface area contributed by atoms with Crippen molar-refractivity contribution in [2.75, 3.05) is 40.1 Å². The maximum Gasteiger partial charge on any atom is 0.231 e. The van der Waals surface area contributed by atoms with Crippen molar-refractivity contribution in [2.24, 2.45) is 0 Å². The van der Waals surface area contributed by atoms with E-state index >= 15 is 0 Å². The molecule has 2 aliphatic rings. The Morgan fingerprint density at radius 1 is 1.33 bits per heavy atom. The molecule has 116 valence electrons. The van der Waals surface area contributed by atoms with Crippen LogP contribution in [0.2, 0.25) is 0 Å². The van der Waals surface area contributed by atoms with Gasteiger partial charge >= 0.3 is 0 Å². The maximum absolute atomic E-state index is 5.59. The van der Waals surface area contributed by atoms with Crippen molar-refractivity contribution >= 4 is 0 Å². The zero-order valence-corrected chi connectivity index (χ0v) is 12.8. The van der Waals surface area contributed by atoms with Crippen molar-refractivity contribution in [1.82, 2.24) is 10.2 Å². The average molecular weight is 292 g/mol. The van der Waals surface area contributed by atoms with E-state index in [-0.39, 0.29) is 6.04 Å². The Morgan fingerprint density at radius 3 is 3.00 bits per heavy atom. The summed E-state index contributed by atoms with van der Waals surface area (Å²) >= 11 is 0. The van der Waals surface area contributed by atoms with E-state index in [2.05, 4.69) is 29.3 Å². The molecule has 5 heteroatoms. The molecule has 1 aromatic rings. The van der Waals surface area contributed by atoms with Crippen LogP contribution in [0.25, 0.3) is 0 Å². The Morgan fingerprint density at radius 2 is 2.19 bits per heavy atom. The van der Waals surface area contributed by atoms with Gasteiger partial charge in [-0.15, -0.1) is 0 Å². The lowest BCUT2D eigenvalue weighted by atomic mass is 10.0. The van der Waals surface area contributed by atoms with Gasteiger partial charge in [0.05, 0.1) is 13.2 Å². The number of morpholine rings is 1. The standard InChI is InChI=1S/C16H24N2O3/c1-3-13-10-19-7-6-18(13)9-14(17-2)12-4-5-15-16(8-12)21-11-20-15/h4-5,8,13-14,17H,3,6-7,9-11H2,1-2H3. The predicted molar refractivity (Wildman–Crippen MR) is 80.8 cm³/mol. The molecule has 2 atom stereocenters. The first-order chi connectivity index (χ1) is 10.3. The van der Waals surface area contributed by atoms with E-state index in [4.69, 9.17) is 14.2 Å². The fraction of sp³-hybridized carbons (Fsp3) is 0.625. The number of likely N-dealkylation sites (N-methyl/N-ethyl adjacent to an activating group) is 1. The van der Waals surface area contributed by atoms with Gasteiger partial charge in [0, 0.05) is 25.2 Å². The van der Waals surface area contributed by atoms with Gasteiger partial charge in [0.15, 0.2) is 11.5 Å². The number of nitrogens with zero attached hydrogens (tertiary/aromatic N) is 1. The molecule has 1 aromatic carbocycles. The van der Waals surface area contributed by atoms with Gasteiger partial charge in [0.25, 0.3) is 0 Å². The molecule has 2 heterocycles. The van der Waals surface area contributed by atoms with Crippen molar-refractivity contribution in [3.63, 3.8) is 0 Å². The molecule has 3 rings (SSSR count). The van der Waals surface area contributed by atoms with Crippen LogP contribution in [-0.4, -0.2) is 51.1 Å². The fourth-order valence-corrected chi connectivity index (χ4v) is 3.03. The second kappa shape index (κ2) is 6.64. The first kappa shape index (κ1) is 14.6. The fourth-order valence-electron chi connectivity index (χ4n) is 3.03. The molecule has 2 aliphatic heterocycles. The minimum atomic E-state index is 0.284. The molecule has 5 nitrogen and oxygen atoms in total. The molecular formula is C16H24N2O3. The number of benzene rings is 1. The first-order valence-corrected chi connectivity index (χ1v) is 7.70. The maximum atomic E-state index is 5.59. The monoisotopic (exact) mass is 292 g/mol. The normalized spacial score (nSPS) is 23.2. The van der Waals surface area contributed by atoms with Crippen LogP contribution >= 0.6 is 0 Å². The zero-order valence-electron chi connectivity index (χ0n) is 12.8. The summed E-state index contributed by atoms with van der Waals surface area (Å²) in [5.41, 5.74) is 1.24. The number of nitrogens with one attached hydrogen (secondary N) is 1. The molecule has 0 amide bonds. The van der Waals surface area contributed by atoms with E-state index in [1.54, 1.807) is 0 Å². The molecular weight excluding hydrogens is 268 g/mol. The van der Waals surface area contributed by atoms with Gasteiger partial charge in [-0.1, -0.05) is 13.0 Å². The smallest absolute Gasteiger partial charge is 0.231 e. The Kier molecular flexibility index (Phi) is 4.63. The molecule has 0 aromatic heterocycles. The number of hydrogen-bond acceptors (Lipinski definition) is 5. The molecule has 0 saturated carbocycles. The van der Waals surface area contributed by atoms with E-state index < -0.39 is 0 Å². The molecule has 0 bridgehead atoms. The van der Waals surface area contributed by atoms with Crippen LogP contribution in [0.3, 0.4) is 0 Å². The Hall–Kier alpha value is -1.30. The highest BCUT2D eigenvalue weighted by Crippen LogP contribution is 2.34. The first-order valence-electron chi connectivity index (χ1n) is 7.70. The highest BCUT2D eigenvalue weighted by molar-refractivity contribution is 5.45. The van der Waals surface area contributed by atoms with Crippen LogP contribution in [0.4, 0.5) is 0 Å². The van der Waals surface area contributed by atoms with Crippen LogP contribution in [0.15, 0.2) is 18.2 Å². The van der Waals surface area contributed by atoms with Gasteiger partial charge in [0.2, 0.25) is 6.79 Å². The van der Waals surface area contributed by atoms with Gasteiger partial charge < -0.3 is 19.5 Å². The second-order valence-corrected chi connectivity index (χ2v) is 5.59. The van der Waals surface area contributed by atoms with E-state index in [0.29, 0.717) is 12.8 Å². The summed E-state index contributed by atoms with van der Waals surface area (Å²) in [6.07, 6.45) is 1.12. The zero-order chi connectivity index (χ0) is 14.7. The summed E-state index contributed by atoms with van der Waals surface area (Å²) in [6, 6.07) is 7.01. The van der Waals surface area contributed by atoms with Crippen molar-refractivity contribution in [3.8, 4) is 11.5 Å². The summed E-state index contributed by atoms with van der Waals surface area (Å²) in [5, 5.41) is 3.42. The Labute approximate surface area is 126 Å². The minimum absolute atomic E-state index is 0.284. The minimum Gasteiger partial charge on any atom is -0.454 e. The van der Waals surface area contributed by atoms with E-state index in [0.717, 1.165) is 44.2 Å². The third-order valence-corrected chi connectivity index (χ3v) is 4.39. The van der Waals surface area contributed by atoms with Gasteiger partial charge in [-0.3, -0.25) is 4.90 Å². The highest BCUT2D eigenvalue weighted by atomic mass is 16.7. The summed E-state index contributed by atoms with van der Waals surface area (Å²) < 4.78 is 16.5. The van der Waals surface area contributed by atoms with Crippen molar-refractivity contribution in [3.05, 3.63) is 23.8 Å².